The first-order chi connectivity index (χ1) is 8.99. The lowest BCUT2D eigenvalue weighted by atomic mass is 10.0. The molecular formula is C16H26N2S. The van der Waals surface area contributed by atoms with Crippen molar-refractivity contribution >= 4 is 22.9 Å². The molecule has 1 rings (SSSR count). The van der Waals surface area contributed by atoms with Crippen molar-refractivity contribution in [2.75, 3.05) is 11.4 Å². The highest BCUT2D eigenvalue weighted by atomic mass is 32.1. The van der Waals surface area contributed by atoms with Crippen LogP contribution in [0.25, 0.3) is 0 Å². The Morgan fingerprint density at radius 2 is 2.00 bits per heavy atom. The molecule has 0 fully saturated rings. The van der Waals surface area contributed by atoms with E-state index < -0.39 is 0 Å². The van der Waals surface area contributed by atoms with Gasteiger partial charge in [0.25, 0.3) is 0 Å². The van der Waals surface area contributed by atoms with Crippen molar-refractivity contribution in [1.82, 2.24) is 0 Å². The quantitative estimate of drug-likeness (QED) is 0.603. The predicted octanol–water partition coefficient (Wildman–Crippen LogP) is 4.03. The average molecular weight is 278 g/mol. The van der Waals surface area contributed by atoms with Crippen LogP contribution in [0.2, 0.25) is 0 Å². The van der Waals surface area contributed by atoms with E-state index in [0.29, 0.717) is 11.0 Å². The molecule has 0 atom stereocenters. The molecule has 2 N–H and O–H groups in total. The third kappa shape index (κ3) is 4.20. The Kier molecular flexibility index (Phi) is 6.29. The van der Waals surface area contributed by atoms with Crippen LogP contribution in [0.1, 0.15) is 51.2 Å². The number of rotatable bonds is 7. The first-order valence-electron chi connectivity index (χ1n) is 7.15. The molecule has 0 aliphatic rings. The molecule has 1 aromatic rings. The van der Waals surface area contributed by atoms with Crippen LogP contribution >= 0.6 is 12.2 Å². The van der Waals surface area contributed by atoms with Crippen LogP contribution in [0.5, 0.6) is 0 Å². The van der Waals surface area contributed by atoms with Gasteiger partial charge >= 0.3 is 0 Å². The number of nitrogens with two attached hydrogens (primary N) is 1. The number of aryl methyl sites for hydroxylation is 1. The molecular weight excluding hydrogens is 252 g/mol. The predicted molar refractivity (Wildman–Crippen MR) is 89.1 cm³/mol. The molecule has 0 heterocycles. The van der Waals surface area contributed by atoms with Gasteiger partial charge in [-0.25, -0.2) is 0 Å². The van der Waals surface area contributed by atoms with E-state index in [2.05, 4.69) is 38.7 Å². The van der Waals surface area contributed by atoms with Gasteiger partial charge < -0.3 is 10.6 Å². The average Bonchev–Trinajstić information content (AvgIpc) is 2.34. The minimum atomic E-state index is 0.450. The second kappa shape index (κ2) is 7.49. The highest BCUT2D eigenvalue weighted by Crippen LogP contribution is 2.27. The fourth-order valence-electron chi connectivity index (χ4n) is 2.40. The molecule has 0 saturated carbocycles. The van der Waals surface area contributed by atoms with E-state index in [-0.39, 0.29) is 0 Å². The molecule has 3 heteroatoms. The highest BCUT2D eigenvalue weighted by molar-refractivity contribution is 7.80. The largest absolute Gasteiger partial charge is 0.389 e. The van der Waals surface area contributed by atoms with Gasteiger partial charge in [0.05, 0.1) is 5.69 Å². The third-order valence-electron chi connectivity index (χ3n) is 3.42. The molecule has 0 amide bonds. The van der Waals surface area contributed by atoms with Crippen LogP contribution in [0.4, 0.5) is 5.69 Å². The van der Waals surface area contributed by atoms with E-state index in [9.17, 15) is 0 Å². The fourth-order valence-corrected chi connectivity index (χ4v) is 2.56. The summed E-state index contributed by atoms with van der Waals surface area (Å²) in [5, 5.41) is 0. The molecule has 0 unspecified atom stereocenters. The summed E-state index contributed by atoms with van der Waals surface area (Å²) >= 11 is 5.20. The SMILES string of the molecule is CCCCCN(c1c(C)cccc1C(N)=S)C(C)C. The van der Waals surface area contributed by atoms with Crippen LogP contribution in [0.15, 0.2) is 18.2 Å². The van der Waals surface area contributed by atoms with E-state index >= 15 is 0 Å². The monoisotopic (exact) mass is 278 g/mol. The van der Waals surface area contributed by atoms with Gasteiger partial charge in [0.15, 0.2) is 0 Å². The van der Waals surface area contributed by atoms with Crippen molar-refractivity contribution in [3.8, 4) is 0 Å². The van der Waals surface area contributed by atoms with Crippen molar-refractivity contribution in [1.29, 1.82) is 0 Å². The Morgan fingerprint density at radius 3 is 2.53 bits per heavy atom. The smallest absolute Gasteiger partial charge is 0.106 e. The molecule has 0 radical (unpaired) electrons. The molecule has 0 bridgehead atoms. The van der Waals surface area contributed by atoms with Gasteiger partial charge in [-0.1, -0.05) is 44.1 Å². The number of thiocarbonyl (C=S) groups is 1. The van der Waals surface area contributed by atoms with Crippen molar-refractivity contribution in [3.05, 3.63) is 29.3 Å². The Hall–Kier alpha value is -1.09. The van der Waals surface area contributed by atoms with Crippen LogP contribution in [-0.4, -0.2) is 17.6 Å². The number of anilines is 1. The zero-order valence-electron chi connectivity index (χ0n) is 12.6. The van der Waals surface area contributed by atoms with Gasteiger partial charge in [-0.15, -0.1) is 0 Å². The van der Waals surface area contributed by atoms with E-state index in [0.717, 1.165) is 12.1 Å². The molecule has 0 aliphatic carbocycles. The fraction of sp³-hybridized carbons (Fsp3) is 0.562. The van der Waals surface area contributed by atoms with Crippen molar-refractivity contribution < 1.29 is 0 Å². The zero-order chi connectivity index (χ0) is 14.4. The number of hydrogen-bond acceptors (Lipinski definition) is 2. The summed E-state index contributed by atoms with van der Waals surface area (Å²) in [5.74, 6) is 0. The minimum absolute atomic E-state index is 0.450. The Balaban J connectivity index is 3.10. The molecule has 0 spiro atoms. The van der Waals surface area contributed by atoms with Gasteiger partial charge in [0.1, 0.15) is 4.99 Å². The lowest BCUT2D eigenvalue weighted by Crippen LogP contribution is -2.34. The van der Waals surface area contributed by atoms with Crippen molar-refractivity contribution in [3.63, 3.8) is 0 Å². The van der Waals surface area contributed by atoms with E-state index in [1.165, 1.54) is 30.5 Å². The molecule has 0 saturated heterocycles. The van der Waals surface area contributed by atoms with E-state index in [4.69, 9.17) is 18.0 Å². The summed E-state index contributed by atoms with van der Waals surface area (Å²) < 4.78 is 0. The summed E-state index contributed by atoms with van der Waals surface area (Å²) in [6.45, 7) is 9.87. The Labute approximate surface area is 123 Å². The molecule has 0 aromatic heterocycles. The minimum Gasteiger partial charge on any atom is -0.389 e. The summed E-state index contributed by atoms with van der Waals surface area (Å²) in [6, 6.07) is 6.63. The number of nitrogens with zero attached hydrogens (tertiary/aromatic N) is 1. The first kappa shape index (κ1) is 16.0. The maximum Gasteiger partial charge on any atom is 0.106 e. The van der Waals surface area contributed by atoms with Crippen LogP contribution in [0, 0.1) is 6.92 Å². The molecule has 0 aliphatic heterocycles. The second-order valence-corrected chi connectivity index (χ2v) is 5.77. The van der Waals surface area contributed by atoms with Gasteiger partial charge in [0.2, 0.25) is 0 Å². The summed E-state index contributed by atoms with van der Waals surface area (Å²) in [7, 11) is 0. The Morgan fingerprint density at radius 1 is 1.32 bits per heavy atom. The van der Waals surface area contributed by atoms with Crippen molar-refractivity contribution in [2.45, 2.75) is 53.0 Å². The van der Waals surface area contributed by atoms with Gasteiger partial charge in [-0.3, -0.25) is 0 Å². The number of para-hydroxylation sites is 1. The van der Waals surface area contributed by atoms with Crippen LogP contribution < -0.4 is 10.6 Å². The normalized spacial score (nSPS) is 10.8. The maximum absolute atomic E-state index is 5.88. The third-order valence-corrected chi connectivity index (χ3v) is 3.64. The summed E-state index contributed by atoms with van der Waals surface area (Å²) in [5.41, 5.74) is 9.34. The van der Waals surface area contributed by atoms with Gasteiger partial charge in [0, 0.05) is 18.2 Å². The van der Waals surface area contributed by atoms with Gasteiger partial charge in [-0.2, -0.15) is 0 Å². The zero-order valence-corrected chi connectivity index (χ0v) is 13.4. The summed E-state index contributed by atoms with van der Waals surface area (Å²) in [4.78, 5) is 2.92. The highest BCUT2D eigenvalue weighted by Gasteiger charge is 2.17. The maximum atomic E-state index is 5.88. The Bertz CT molecular complexity index is 427. The van der Waals surface area contributed by atoms with Crippen LogP contribution in [0.3, 0.4) is 0 Å². The number of hydrogen-bond donors (Lipinski definition) is 1. The molecule has 19 heavy (non-hydrogen) atoms. The lowest BCUT2D eigenvalue weighted by Gasteiger charge is -2.32. The summed E-state index contributed by atoms with van der Waals surface area (Å²) in [6.07, 6.45) is 3.71. The first-order valence-corrected chi connectivity index (χ1v) is 7.55. The van der Waals surface area contributed by atoms with Gasteiger partial charge in [-0.05, 0) is 38.8 Å². The van der Waals surface area contributed by atoms with E-state index in [1.807, 2.05) is 12.1 Å². The molecule has 2 nitrogen and oxygen atoms in total. The van der Waals surface area contributed by atoms with E-state index in [1.54, 1.807) is 0 Å². The number of unbranched alkanes of at least 4 members (excludes halogenated alkanes) is 2. The topological polar surface area (TPSA) is 29.3 Å². The lowest BCUT2D eigenvalue weighted by molar-refractivity contribution is 0.624. The molecule has 106 valence electrons. The van der Waals surface area contributed by atoms with Crippen LogP contribution in [-0.2, 0) is 0 Å². The second-order valence-electron chi connectivity index (χ2n) is 5.33. The van der Waals surface area contributed by atoms with Crippen molar-refractivity contribution in [2.24, 2.45) is 5.73 Å². The molecule has 1 aromatic carbocycles. The standard InChI is InChI=1S/C16H26N2S/c1-5-6-7-11-18(12(2)3)15-13(4)9-8-10-14(15)16(17)19/h8-10,12H,5-7,11H2,1-4H3,(H2,17,19). The number of benzene rings is 1.